The number of amides is 1. The molecule has 0 bridgehead atoms. The summed E-state index contributed by atoms with van der Waals surface area (Å²) >= 11 is 0. The zero-order valence-electron chi connectivity index (χ0n) is 10.7. The van der Waals surface area contributed by atoms with Gasteiger partial charge < -0.3 is 16.2 Å². The number of primary amides is 1. The molecule has 21 heavy (non-hydrogen) atoms. The van der Waals surface area contributed by atoms with E-state index in [4.69, 9.17) is 16.2 Å². The van der Waals surface area contributed by atoms with Gasteiger partial charge in [-0.15, -0.1) is 0 Å². The molecule has 0 unspecified atom stereocenters. The van der Waals surface area contributed by atoms with Crippen LogP contribution in [0.1, 0.15) is 17.5 Å². The van der Waals surface area contributed by atoms with Gasteiger partial charge >= 0.3 is 6.18 Å². The fourth-order valence-corrected chi connectivity index (χ4v) is 1.50. The second kappa shape index (κ2) is 6.38. The Morgan fingerprint density at radius 1 is 1.38 bits per heavy atom. The lowest BCUT2D eigenvalue weighted by molar-refractivity contribution is -0.137. The van der Waals surface area contributed by atoms with Crippen molar-refractivity contribution in [2.75, 3.05) is 0 Å². The van der Waals surface area contributed by atoms with Crippen molar-refractivity contribution in [1.29, 1.82) is 5.41 Å². The number of halogens is 4. The average molecular weight is 304 g/mol. The maximum absolute atomic E-state index is 13.5. The number of allylic oxidation sites excluding steroid dienone is 1. The van der Waals surface area contributed by atoms with Crippen LogP contribution in [0.2, 0.25) is 0 Å². The first-order valence-corrected chi connectivity index (χ1v) is 5.74. The SMILES string of the molecule is N=C(/C=C(/O)C(N)=O)CCc1ccc(C(F)(F)F)cc1F. The van der Waals surface area contributed by atoms with Crippen molar-refractivity contribution < 1.29 is 27.5 Å². The summed E-state index contributed by atoms with van der Waals surface area (Å²) in [6, 6.07) is 2.12. The minimum atomic E-state index is -4.62. The van der Waals surface area contributed by atoms with E-state index in [2.05, 4.69) is 0 Å². The molecule has 0 aliphatic carbocycles. The van der Waals surface area contributed by atoms with E-state index >= 15 is 0 Å². The summed E-state index contributed by atoms with van der Waals surface area (Å²) in [5.41, 5.74) is 3.46. The molecule has 0 saturated heterocycles. The maximum atomic E-state index is 13.5. The van der Waals surface area contributed by atoms with E-state index in [-0.39, 0.29) is 24.1 Å². The summed E-state index contributed by atoms with van der Waals surface area (Å²) < 4.78 is 50.6. The summed E-state index contributed by atoms with van der Waals surface area (Å²) in [4.78, 5) is 10.5. The summed E-state index contributed by atoms with van der Waals surface area (Å²) in [6.07, 6.45) is -3.93. The number of hydrogen-bond donors (Lipinski definition) is 3. The number of aliphatic hydroxyl groups excluding tert-OH is 1. The molecule has 0 aromatic heterocycles. The number of carbonyl (C=O) groups is 1. The molecule has 4 nitrogen and oxygen atoms in total. The lowest BCUT2D eigenvalue weighted by Crippen LogP contribution is -2.14. The van der Waals surface area contributed by atoms with Crippen molar-refractivity contribution in [3.8, 4) is 0 Å². The van der Waals surface area contributed by atoms with Crippen molar-refractivity contribution >= 4 is 11.6 Å². The highest BCUT2D eigenvalue weighted by atomic mass is 19.4. The van der Waals surface area contributed by atoms with Gasteiger partial charge in [0.1, 0.15) is 5.82 Å². The Labute approximate surface area is 117 Å². The first kappa shape index (κ1) is 16.7. The van der Waals surface area contributed by atoms with Gasteiger partial charge in [-0.25, -0.2) is 4.39 Å². The first-order chi connectivity index (χ1) is 9.61. The minimum Gasteiger partial charge on any atom is -0.503 e. The fraction of sp³-hybridized carbons (Fsp3) is 0.231. The van der Waals surface area contributed by atoms with Crippen molar-refractivity contribution in [3.63, 3.8) is 0 Å². The largest absolute Gasteiger partial charge is 0.503 e. The second-order valence-corrected chi connectivity index (χ2v) is 4.22. The van der Waals surface area contributed by atoms with E-state index in [1.807, 2.05) is 0 Å². The Hall–Kier alpha value is -2.38. The van der Waals surface area contributed by atoms with Gasteiger partial charge in [-0.3, -0.25) is 4.79 Å². The van der Waals surface area contributed by atoms with Crippen molar-refractivity contribution in [2.45, 2.75) is 19.0 Å². The van der Waals surface area contributed by atoms with Crippen LogP contribution in [-0.4, -0.2) is 16.7 Å². The van der Waals surface area contributed by atoms with Crippen LogP contribution in [0.25, 0.3) is 0 Å². The maximum Gasteiger partial charge on any atom is 0.416 e. The van der Waals surface area contributed by atoms with Gasteiger partial charge in [0, 0.05) is 11.8 Å². The molecule has 0 saturated carbocycles. The van der Waals surface area contributed by atoms with Crippen molar-refractivity contribution in [3.05, 3.63) is 47.0 Å². The molecule has 4 N–H and O–H groups in total. The van der Waals surface area contributed by atoms with Crippen LogP contribution in [0.5, 0.6) is 0 Å². The monoisotopic (exact) mass is 304 g/mol. The molecule has 0 aliphatic heterocycles. The number of carbonyl (C=O) groups excluding carboxylic acids is 1. The zero-order valence-corrected chi connectivity index (χ0v) is 10.7. The average Bonchev–Trinajstić information content (AvgIpc) is 2.35. The van der Waals surface area contributed by atoms with Crippen LogP contribution in [0.4, 0.5) is 17.6 Å². The lowest BCUT2D eigenvalue weighted by Gasteiger charge is -2.09. The van der Waals surface area contributed by atoms with Crippen LogP contribution >= 0.6 is 0 Å². The lowest BCUT2D eigenvalue weighted by atomic mass is 10.0. The molecule has 0 heterocycles. The molecule has 1 aromatic rings. The number of benzene rings is 1. The number of rotatable bonds is 5. The summed E-state index contributed by atoms with van der Waals surface area (Å²) in [6.45, 7) is 0. The van der Waals surface area contributed by atoms with Gasteiger partial charge in [0.15, 0.2) is 5.76 Å². The van der Waals surface area contributed by atoms with E-state index in [1.54, 1.807) is 0 Å². The smallest absolute Gasteiger partial charge is 0.416 e. The van der Waals surface area contributed by atoms with Crippen molar-refractivity contribution in [1.82, 2.24) is 0 Å². The molecule has 1 aromatic carbocycles. The Bertz CT molecular complexity index is 594. The van der Waals surface area contributed by atoms with E-state index in [0.29, 0.717) is 6.07 Å². The third-order valence-electron chi connectivity index (χ3n) is 2.61. The van der Waals surface area contributed by atoms with E-state index in [9.17, 15) is 22.4 Å². The molecule has 0 atom stereocenters. The predicted molar refractivity (Wildman–Crippen MR) is 67.4 cm³/mol. The van der Waals surface area contributed by atoms with Gasteiger partial charge in [-0.1, -0.05) is 6.07 Å². The second-order valence-electron chi connectivity index (χ2n) is 4.22. The third-order valence-corrected chi connectivity index (χ3v) is 2.61. The number of hydrogen-bond acceptors (Lipinski definition) is 3. The van der Waals surface area contributed by atoms with Gasteiger partial charge in [0.25, 0.3) is 5.91 Å². The number of aryl methyl sites for hydroxylation is 1. The zero-order chi connectivity index (χ0) is 16.2. The van der Waals surface area contributed by atoms with Crippen LogP contribution in [0.3, 0.4) is 0 Å². The van der Waals surface area contributed by atoms with E-state index in [1.165, 1.54) is 0 Å². The van der Waals surface area contributed by atoms with Crippen LogP contribution in [0.15, 0.2) is 30.0 Å². The Morgan fingerprint density at radius 3 is 2.48 bits per heavy atom. The fourth-order valence-electron chi connectivity index (χ4n) is 1.50. The highest BCUT2D eigenvalue weighted by Crippen LogP contribution is 2.30. The Kier molecular flexibility index (Phi) is 5.07. The summed E-state index contributed by atoms with van der Waals surface area (Å²) in [7, 11) is 0. The van der Waals surface area contributed by atoms with E-state index < -0.39 is 29.2 Å². The van der Waals surface area contributed by atoms with Gasteiger partial charge in [-0.05, 0) is 30.5 Å². The third kappa shape index (κ3) is 4.90. The topological polar surface area (TPSA) is 87.2 Å². The predicted octanol–water partition coefficient (Wildman–Crippen LogP) is 2.72. The molecule has 114 valence electrons. The quantitative estimate of drug-likeness (QED) is 0.338. The standard InChI is InChI=1S/C13H12F4N2O2/c14-10-5-8(13(15,16)17)3-1-7(10)2-4-9(18)6-11(20)12(19)21/h1,3,5-6,18,20H,2,4H2,(H2,19,21)/b11-6+,18-9?. The van der Waals surface area contributed by atoms with E-state index in [0.717, 1.165) is 18.2 Å². The number of alkyl halides is 3. The molecule has 8 heteroatoms. The minimum absolute atomic E-state index is 0.000264. The molecular weight excluding hydrogens is 292 g/mol. The number of nitrogens with one attached hydrogen (secondary N) is 1. The van der Waals surface area contributed by atoms with Crippen molar-refractivity contribution in [2.24, 2.45) is 5.73 Å². The molecule has 1 rings (SSSR count). The normalized spacial score (nSPS) is 12.3. The molecular formula is C13H12F4N2O2. The molecule has 0 aliphatic rings. The highest BCUT2D eigenvalue weighted by Gasteiger charge is 2.31. The molecule has 0 radical (unpaired) electrons. The molecule has 0 fully saturated rings. The van der Waals surface area contributed by atoms with Gasteiger partial charge in [0.2, 0.25) is 0 Å². The van der Waals surface area contributed by atoms with Crippen LogP contribution < -0.4 is 5.73 Å². The summed E-state index contributed by atoms with van der Waals surface area (Å²) in [5, 5.41) is 16.4. The van der Waals surface area contributed by atoms with Gasteiger partial charge in [0.05, 0.1) is 5.56 Å². The highest BCUT2D eigenvalue weighted by molar-refractivity contribution is 6.00. The molecule has 1 amide bonds. The number of aliphatic hydroxyl groups is 1. The summed E-state index contributed by atoms with van der Waals surface area (Å²) in [5.74, 6) is -2.95. The molecule has 0 spiro atoms. The Morgan fingerprint density at radius 2 is 2.00 bits per heavy atom. The van der Waals surface area contributed by atoms with Crippen LogP contribution in [-0.2, 0) is 17.4 Å². The number of nitrogens with two attached hydrogens (primary N) is 1. The first-order valence-electron chi connectivity index (χ1n) is 5.74. The van der Waals surface area contributed by atoms with Crippen LogP contribution in [0, 0.1) is 11.2 Å². The van der Waals surface area contributed by atoms with Gasteiger partial charge in [-0.2, -0.15) is 13.2 Å². The Balaban J connectivity index is 2.75.